The Morgan fingerprint density at radius 3 is 2.84 bits per heavy atom. The molecule has 2 fully saturated rings. The van der Waals surface area contributed by atoms with Crippen molar-refractivity contribution in [3.8, 4) is 0 Å². The monoisotopic (exact) mass is 510 g/mol. The van der Waals surface area contributed by atoms with Crippen LogP contribution in [0.3, 0.4) is 0 Å². The van der Waals surface area contributed by atoms with E-state index in [9.17, 15) is 0 Å². The molecule has 5 nitrogen and oxygen atoms in total. The molecule has 2 saturated heterocycles. The number of fused-ring (bicyclic) bond motifs is 2. The van der Waals surface area contributed by atoms with Crippen molar-refractivity contribution in [2.75, 3.05) is 19.8 Å². The van der Waals surface area contributed by atoms with Gasteiger partial charge in [0.05, 0.1) is 17.8 Å². The summed E-state index contributed by atoms with van der Waals surface area (Å²) in [5.74, 6) is 0. The molecule has 2 rings (SSSR count). The zero-order valence-corrected chi connectivity index (χ0v) is 16.5. The molecular formula is C12H19NO4PU-. The predicted molar refractivity (Wildman–Crippen MR) is 67.9 cm³/mol. The van der Waals surface area contributed by atoms with Crippen LogP contribution in [0.4, 0.5) is 0 Å². The minimum Gasteiger partial charge on any atom is -0.541 e. The van der Waals surface area contributed by atoms with Crippen molar-refractivity contribution in [2.45, 2.75) is 44.2 Å². The summed E-state index contributed by atoms with van der Waals surface area (Å²) >= 11 is 0. The van der Waals surface area contributed by atoms with Crippen LogP contribution in [0.25, 0.3) is 4.85 Å². The first-order valence-corrected chi connectivity index (χ1v) is 7.79. The molecule has 0 N–H and O–H groups in total. The van der Waals surface area contributed by atoms with Gasteiger partial charge >= 0.3 is 0 Å². The van der Waals surface area contributed by atoms with Crippen LogP contribution in [-0.4, -0.2) is 43.7 Å². The Morgan fingerprint density at radius 1 is 1.53 bits per heavy atom. The largest absolute Gasteiger partial charge is 0.541 e. The first kappa shape index (κ1) is 17.9. The van der Waals surface area contributed by atoms with Crippen LogP contribution in [0.5, 0.6) is 0 Å². The molecule has 2 aliphatic heterocycles. The van der Waals surface area contributed by atoms with Crippen molar-refractivity contribution in [2.24, 2.45) is 0 Å². The van der Waals surface area contributed by atoms with Crippen LogP contribution in [-0.2, 0) is 18.5 Å². The summed E-state index contributed by atoms with van der Waals surface area (Å²) in [4.78, 5) is 3.25. The standard InChI is InChI=1S/C12H19NO4P.U/c1-5-12-9(2)16-10(8-14-12)11(12)17-18(4)15-7-6-13-3;/h8-11H,5-7H2,1-2,4H3;/q-1;/t9-,10+,11+,12+,18?;/m1./s1. The Bertz CT molecular complexity index is 340. The molecule has 2 bridgehead atoms. The van der Waals surface area contributed by atoms with E-state index in [-0.39, 0.29) is 55.0 Å². The van der Waals surface area contributed by atoms with Crippen molar-refractivity contribution < 1.29 is 49.6 Å². The summed E-state index contributed by atoms with van der Waals surface area (Å²) in [7, 11) is -0.996. The second-order valence-electron chi connectivity index (χ2n) is 4.49. The molecule has 0 spiro atoms. The van der Waals surface area contributed by atoms with Gasteiger partial charge in [0.2, 0.25) is 6.54 Å². The summed E-state index contributed by atoms with van der Waals surface area (Å²) < 4.78 is 23.0. The van der Waals surface area contributed by atoms with Crippen molar-refractivity contribution in [1.82, 2.24) is 0 Å². The normalized spacial score (nSPS) is 37.7. The number of rotatable bonds is 6. The zero-order chi connectivity index (χ0) is 13.2. The topological polar surface area (TPSA) is 41.3 Å². The van der Waals surface area contributed by atoms with Gasteiger partial charge in [-0.2, -0.15) is 6.61 Å². The molecule has 0 aromatic carbocycles. The molecule has 0 radical (unpaired) electrons. The fourth-order valence-corrected chi connectivity index (χ4v) is 3.54. The average Bonchev–Trinajstić information content (AvgIpc) is 2.81. The van der Waals surface area contributed by atoms with Crippen LogP contribution < -0.4 is 0 Å². The van der Waals surface area contributed by atoms with E-state index < -0.39 is 8.38 Å². The van der Waals surface area contributed by atoms with E-state index in [2.05, 4.69) is 11.8 Å². The zero-order valence-electron chi connectivity index (χ0n) is 11.5. The maximum absolute atomic E-state index is 6.70. The third kappa shape index (κ3) is 3.53. The van der Waals surface area contributed by atoms with Crippen LogP contribution >= 0.6 is 8.38 Å². The third-order valence-electron chi connectivity index (χ3n) is 3.54. The number of nitrogens with zero attached hydrogens (tertiary/aromatic N) is 1. The number of hydrogen-bond donors (Lipinski definition) is 0. The van der Waals surface area contributed by atoms with E-state index in [0.29, 0.717) is 13.2 Å². The summed E-state index contributed by atoms with van der Waals surface area (Å²) in [6, 6.07) is 0. The molecule has 0 amide bonds. The van der Waals surface area contributed by atoms with Crippen molar-refractivity contribution in [3.05, 3.63) is 18.0 Å². The molecule has 0 aromatic rings. The SMILES string of the molecule is [C-]#[N+]CCOP(C)O[C@H]1[C@@H]2[CH-]O[C@@]1(CC)[C@@H](C)O2.[U]. The summed E-state index contributed by atoms with van der Waals surface area (Å²) in [5, 5.41) is 0. The van der Waals surface area contributed by atoms with Gasteiger partial charge in [-0.15, -0.1) is 0 Å². The Balaban J connectivity index is 0.00000180. The quantitative estimate of drug-likeness (QED) is 0.313. The van der Waals surface area contributed by atoms with Crippen molar-refractivity contribution in [3.63, 3.8) is 0 Å². The van der Waals surface area contributed by atoms with Crippen LogP contribution in [0, 0.1) is 44.3 Å². The van der Waals surface area contributed by atoms with Gasteiger partial charge in [0.15, 0.2) is 8.38 Å². The van der Waals surface area contributed by atoms with Crippen molar-refractivity contribution >= 4 is 8.38 Å². The van der Waals surface area contributed by atoms with Crippen LogP contribution in [0.15, 0.2) is 0 Å². The third-order valence-corrected chi connectivity index (χ3v) is 4.61. The van der Waals surface area contributed by atoms with Gasteiger partial charge in [-0.25, -0.2) is 6.57 Å². The molecule has 0 aromatic heterocycles. The van der Waals surface area contributed by atoms with Crippen molar-refractivity contribution in [1.29, 1.82) is 0 Å². The maximum Gasteiger partial charge on any atom is 0.238 e. The number of hydrogen-bond acceptors (Lipinski definition) is 4. The minimum absolute atomic E-state index is 0. The van der Waals surface area contributed by atoms with E-state index >= 15 is 0 Å². The molecule has 5 atom stereocenters. The number of ether oxygens (including phenoxy) is 2. The summed E-state index contributed by atoms with van der Waals surface area (Å²) in [5.41, 5.74) is -0.371. The second kappa shape index (κ2) is 7.72. The van der Waals surface area contributed by atoms with Gasteiger partial charge in [-0.3, -0.25) is 0 Å². The van der Waals surface area contributed by atoms with E-state index in [4.69, 9.17) is 25.1 Å². The van der Waals surface area contributed by atoms with Gasteiger partial charge in [0.25, 0.3) is 0 Å². The molecule has 2 heterocycles. The smallest absolute Gasteiger partial charge is 0.238 e. The van der Waals surface area contributed by atoms with Gasteiger partial charge in [0.1, 0.15) is 6.61 Å². The molecule has 0 saturated carbocycles. The Kier molecular flexibility index (Phi) is 7.25. The van der Waals surface area contributed by atoms with E-state index in [0.717, 1.165) is 6.42 Å². The summed E-state index contributed by atoms with van der Waals surface area (Å²) in [6.07, 6.45) is 0.682. The van der Waals surface area contributed by atoms with E-state index in [1.807, 2.05) is 13.6 Å². The first-order valence-electron chi connectivity index (χ1n) is 6.17. The van der Waals surface area contributed by atoms with Crippen LogP contribution in [0.1, 0.15) is 20.3 Å². The average molecular weight is 510 g/mol. The van der Waals surface area contributed by atoms with E-state index in [1.54, 1.807) is 6.61 Å². The van der Waals surface area contributed by atoms with Gasteiger partial charge in [-0.05, 0) is 19.4 Å². The Hall–Kier alpha value is 0.812. The first-order chi connectivity index (χ1) is 8.64. The molecule has 19 heavy (non-hydrogen) atoms. The molecule has 2 aliphatic rings. The molecule has 7 heteroatoms. The minimum atomic E-state index is -0.996. The molecule has 0 aliphatic carbocycles. The molecular weight excluding hydrogens is 491 g/mol. The fraction of sp³-hybridized carbons (Fsp3) is 0.833. The Morgan fingerprint density at radius 2 is 2.26 bits per heavy atom. The van der Waals surface area contributed by atoms with Gasteiger partial charge in [-0.1, -0.05) is 6.92 Å². The fourth-order valence-electron chi connectivity index (χ4n) is 2.52. The summed E-state index contributed by atoms with van der Waals surface area (Å²) in [6.45, 7) is 15.2. The van der Waals surface area contributed by atoms with Gasteiger partial charge < -0.3 is 23.4 Å². The van der Waals surface area contributed by atoms with Crippen LogP contribution in [0.2, 0.25) is 0 Å². The van der Waals surface area contributed by atoms with Gasteiger partial charge in [0, 0.05) is 37.8 Å². The second-order valence-corrected chi connectivity index (χ2v) is 5.83. The maximum atomic E-state index is 6.70. The van der Waals surface area contributed by atoms with E-state index in [1.165, 1.54) is 0 Å². The molecule has 1 unspecified atom stereocenters. The molecule has 106 valence electrons. The Labute approximate surface area is 139 Å². The predicted octanol–water partition coefficient (Wildman–Crippen LogP) is 2.38.